The minimum atomic E-state index is -0.977. The molecule has 0 unspecified atom stereocenters. The van der Waals surface area contributed by atoms with Gasteiger partial charge in [0.15, 0.2) is 6.10 Å². The third kappa shape index (κ3) is 5.21. The molecule has 0 saturated heterocycles. The Morgan fingerprint density at radius 3 is 2.62 bits per heavy atom. The fourth-order valence-corrected chi connectivity index (χ4v) is 0.618. The van der Waals surface area contributed by atoms with E-state index < -0.39 is 17.5 Å². The zero-order valence-corrected chi connectivity index (χ0v) is 8.20. The van der Waals surface area contributed by atoms with Gasteiger partial charge in [0.2, 0.25) is 0 Å². The molecule has 0 aromatic rings. The van der Waals surface area contributed by atoms with Crippen molar-refractivity contribution in [2.75, 3.05) is 6.61 Å². The predicted octanol–water partition coefficient (Wildman–Crippen LogP) is 1.42. The molecule has 0 bridgehead atoms. The third-order valence-corrected chi connectivity index (χ3v) is 1.75. The first kappa shape index (κ1) is 11.9. The molecule has 0 fully saturated rings. The van der Waals surface area contributed by atoms with Gasteiger partial charge in [-0.2, -0.15) is 5.26 Å². The minimum absolute atomic E-state index is 0.300. The first-order valence-electron chi connectivity index (χ1n) is 4.15. The molecule has 4 heteroatoms. The Labute approximate surface area is 78.1 Å². The Balaban J connectivity index is 3.70. The number of carbonyl (C=O) groups is 1. The van der Waals surface area contributed by atoms with E-state index in [2.05, 4.69) is 6.07 Å². The van der Waals surface area contributed by atoms with Gasteiger partial charge in [-0.1, -0.05) is 0 Å². The summed E-state index contributed by atoms with van der Waals surface area (Å²) in [5.74, 6) is -0.977. The number of hydrogen-bond donors (Lipinski definition) is 1. The SMILES string of the molecule is C[C@@H](OCCC(C)(C)C#N)C(=O)O. The van der Waals surface area contributed by atoms with Gasteiger partial charge in [-0.15, -0.1) is 0 Å². The number of ether oxygens (including phenoxy) is 1. The van der Waals surface area contributed by atoms with Crippen LogP contribution >= 0.6 is 0 Å². The Bertz CT molecular complexity index is 217. The Morgan fingerprint density at radius 2 is 2.23 bits per heavy atom. The molecule has 0 aromatic heterocycles. The second-order valence-corrected chi connectivity index (χ2v) is 3.60. The van der Waals surface area contributed by atoms with Gasteiger partial charge in [0.05, 0.1) is 11.5 Å². The molecule has 0 aromatic carbocycles. The maximum atomic E-state index is 10.3. The number of carboxylic acids is 1. The molecule has 1 atom stereocenters. The van der Waals surface area contributed by atoms with Gasteiger partial charge >= 0.3 is 5.97 Å². The Kier molecular flexibility index (Phi) is 4.43. The number of nitrogens with zero attached hydrogens (tertiary/aromatic N) is 1. The van der Waals surface area contributed by atoms with Crippen molar-refractivity contribution in [1.82, 2.24) is 0 Å². The molecule has 74 valence electrons. The van der Waals surface area contributed by atoms with E-state index in [9.17, 15) is 4.79 Å². The van der Waals surface area contributed by atoms with Gasteiger partial charge in [0.1, 0.15) is 0 Å². The van der Waals surface area contributed by atoms with Crippen molar-refractivity contribution in [3.8, 4) is 6.07 Å². The van der Waals surface area contributed by atoms with Gasteiger partial charge in [-0.05, 0) is 27.2 Å². The maximum absolute atomic E-state index is 10.3. The second-order valence-electron chi connectivity index (χ2n) is 3.60. The van der Waals surface area contributed by atoms with Crippen LogP contribution < -0.4 is 0 Å². The number of carboxylic acid groups (broad SMARTS) is 1. The van der Waals surface area contributed by atoms with Crippen molar-refractivity contribution in [2.24, 2.45) is 5.41 Å². The Morgan fingerprint density at radius 1 is 1.69 bits per heavy atom. The molecule has 0 radical (unpaired) electrons. The van der Waals surface area contributed by atoms with Crippen molar-refractivity contribution in [3.63, 3.8) is 0 Å². The van der Waals surface area contributed by atoms with Crippen LogP contribution in [0.4, 0.5) is 0 Å². The topological polar surface area (TPSA) is 70.3 Å². The van der Waals surface area contributed by atoms with Crippen molar-refractivity contribution >= 4 is 5.97 Å². The highest BCUT2D eigenvalue weighted by Crippen LogP contribution is 2.18. The fourth-order valence-electron chi connectivity index (χ4n) is 0.618. The minimum Gasteiger partial charge on any atom is -0.479 e. The molecule has 0 rings (SSSR count). The van der Waals surface area contributed by atoms with Crippen LogP contribution in [0.2, 0.25) is 0 Å². The summed E-state index contributed by atoms with van der Waals surface area (Å²) < 4.78 is 4.99. The molecule has 0 aliphatic rings. The second kappa shape index (κ2) is 4.83. The molecular formula is C9H15NO3. The van der Waals surface area contributed by atoms with Crippen LogP contribution in [0.15, 0.2) is 0 Å². The quantitative estimate of drug-likeness (QED) is 0.703. The highest BCUT2D eigenvalue weighted by molar-refractivity contribution is 5.71. The van der Waals surface area contributed by atoms with Crippen LogP contribution in [0.1, 0.15) is 27.2 Å². The summed E-state index contributed by atoms with van der Waals surface area (Å²) >= 11 is 0. The molecule has 0 spiro atoms. The van der Waals surface area contributed by atoms with Crippen molar-refractivity contribution < 1.29 is 14.6 Å². The summed E-state index contributed by atoms with van der Waals surface area (Å²) in [5, 5.41) is 17.1. The van der Waals surface area contributed by atoms with Crippen LogP contribution in [-0.4, -0.2) is 23.8 Å². The van der Waals surface area contributed by atoms with Crippen molar-refractivity contribution in [1.29, 1.82) is 5.26 Å². The monoisotopic (exact) mass is 185 g/mol. The molecule has 1 N–H and O–H groups in total. The van der Waals surface area contributed by atoms with E-state index in [1.165, 1.54) is 6.92 Å². The number of aliphatic carboxylic acids is 1. The van der Waals surface area contributed by atoms with E-state index in [1.54, 1.807) is 13.8 Å². The van der Waals surface area contributed by atoms with Crippen LogP contribution in [0.5, 0.6) is 0 Å². The largest absolute Gasteiger partial charge is 0.479 e. The first-order chi connectivity index (χ1) is 5.89. The molecule has 0 aliphatic carbocycles. The van der Waals surface area contributed by atoms with Crippen molar-refractivity contribution in [2.45, 2.75) is 33.3 Å². The number of nitriles is 1. The highest BCUT2D eigenvalue weighted by Gasteiger charge is 2.18. The van der Waals surface area contributed by atoms with E-state index in [1.807, 2.05) is 0 Å². The average Bonchev–Trinajstić information content (AvgIpc) is 2.04. The van der Waals surface area contributed by atoms with Gasteiger partial charge < -0.3 is 9.84 Å². The van der Waals surface area contributed by atoms with Crippen molar-refractivity contribution in [3.05, 3.63) is 0 Å². The first-order valence-corrected chi connectivity index (χ1v) is 4.15. The lowest BCUT2D eigenvalue weighted by Gasteiger charge is -2.15. The summed E-state index contributed by atoms with van der Waals surface area (Å²) in [5.41, 5.74) is -0.446. The molecule has 0 saturated carbocycles. The third-order valence-electron chi connectivity index (χ3n) is 1.75. The fraction of sp³-hybridized carbons (Fsp3) is 0.778. The summed E-state index contributed by atoms with van der Waals surface area (Å²) in [6.07, 6.45) is -0.254. The van der Waals surface area contributed by atoms with Crippen LogP contribution in [-0.2, 0) is 9.53 Å². The zero-order valence-electron chi connectivity index (χ0n) is 8.20. The van der Waals surface area contributed by atoms with Gasteiger partial charge in [0, 0.05) is 6.61 Å². The molecule has 4 nitrogen and oxygen atoms in total. The van der Waals surface area contributed by atoms with E-state index >= 15 is 0 Å². The number of hydrogen-bond acceptors (Lipinski definition) is 3. The number of rotatable bonds is 5. The molecule has 13 heavy (non-hydrogen) atoms. The smallest absolute Gasteiger partial charge is 0.332 e. The van der Waals surface area contributed by atoms with Crippen LogP contribution in [0.3, 0.4) is 0 Å². The highest BCUT2D eigenvalue weighted by atomic mass is 16.5. The zero-order chi connectivity index (χ0) is 10.5. The van der Waals surface area contributed by atoms with E-state index in [4.69, 9.17) is 15.1 Å². The maximum Gasteiger partial charge on any atom is 0.332 e. The molecular weight excluding hydrogens is 170 g/mol. The lowest BCUT2D eigenvalue weighted by Crippen LogP contribution is -2.22. The normalized spacial score (nSPS) is 13.4. The van der Waals surface area contributed by atoms with E-state index in [0.717, 1.165) is 0 Å². The average molecular weight is 185 g/mol. The predicted molar refractivity (Wildman–Crippen MR) is 47.1 cm³/mol. The Hall–Kier alpha value is -1.08. The van der Waals surface area contributed by atoms with E-state index in [-0.39, 0.29) is 0 Å². The lowest BCUT2D eigenvalue weighted by molar-refractivity contribution is -0.149. The molecule has 0 aliphatic heterocycles. The van der Waals surface area contributed by atoms with E-state index in [0.29, 0.717) is 13.0 Å². The summed E-state index contributed by atoms with van der Waals surface area (Å²) in [7, 11) is 0. The van der Waals surface area contributed by atoms with Crippen LogP contribution in [0.25, 0.3) is 0 Å². The van der Waals surface area contributed by atoms with Gasteiger partial charge in [-0.3, -0.25) is 0 Å². The summed E-state index contributed by atoms with van der Waals surface area (Å²) in [6.45, 7) is 5.36. The summed E-state index contributed by atoms with van der Waals surface area (Å²) in [4.78, 5) is 10.3. The molecule has 0 heterocycles. The molecule has 0 amide bonds. The summed E-state index contributed by atoms with van der Waals surface area (Å²) in [6, 6.07) is 2.12. The van der Waals surface area contributed by atoms with Gasteiger partial charge in [0.25, 0.3) is 0 Å². The standard InChI is InChI=1S/C9H15NO3/c1-7(8(11)12)13-5-4-9(2,3)6-10/h7H,4-5H2,1-3H3,(H,11,12)/t7-/m1/s1. The lowest BCUT2D eigenvalue weighted by atomic mass is 9.92. The van der Waals surface area contributed by atoms with Gasteiger partial charge in [-0.25, -0.2) is 4.79 Å². The van der Waals surface area contributed by atoms with Crippen LogP contribution in [0, 0.1) is 16.7 Å².